The summed E-state index contributed by atoms with van der Waals surface area (Å²) in [6, 6.07) is 16.2. The van der Waals surface area contributed by atoms with Gasteiger partial charge in [0.1, 0.15) is 0 Å². The van der Waals surface area contributed by atoms with Crippen LogP contribution in [-0.2, 0) is 5.75 Å². The number of hydrogen-bond acceptors (Lipinski definition) is 2. The Morgan fingerprint density at radius 1 is 1.16 bits per heavy atom. The highest BCUT2D eigenvalue weighted by Gasteiger charge is 2.05. The molecule has 0 aliphatic rings. The molecule has 0 radical (unpaired) electrons. The van der Waals surface area contributed by atoms with E-state index in [2.05, 4.69) is 53.8 Å². The van der Waals surface area contributed by atoms with E-state index < -0.39 is 0 Å². The van der Waals surface area contributed by atoms with Crippen LogP contribution in [0.4, 0.5) is 0 Å². The van der Waals surface area contributed by atoms with Crippen molar-refractivity contribution in [3.05, 3.63) is 68.8 Å². The lowest BCUT2D eigenvalue weighted by atomic mass is 10.2. The van der Waals surface area contributed by atoms with Crippen molar-refractivity contribution in [2.75, 3.05) is 5.75 Å². The van der Waals surface area contributed by atoms with Crippen LogP contribution in [0.1, 0.15) is 21.5 Å². The molecule has 0 aliphatic heterocycles. The molecule has 3 heteroatoms. The van der Waals surface area contributed by atoms with E-state index in [1.54, 1.807) is 11.8 Å². The number of Topliss-reactive ketones (excluding diaryl/α,β-unsaturated/α-hetero) is 1. The highest BCUT2D eigenvalue weighted by molar-refractivity contribution is 14.1. The lowest BCUT2D eigenvalue weighted by molar-refractivity contribution is 0.102. The highest BCUT2D eigenvalue weighted by atomic mass is 127. The molecule has 0 saturated heterocycles. The van der Waals surface area contributed by atoms with Crippen LogP contribution < -0.4 is 0 Å². The highest BCUT2D eigenvalue weighted by Crippen LogP contribution is 2.16. The van der Waals surface area contributed by atoms with Crippen molar-refractivity contribution in [1.82, 2.24) is 0 Å². The van der Waals surface area contributed by atoms with Crippen molar-refractivity contribution in [2.24, 2.45) is 0 Å². The molecule has 0 atom stereocenters. The molecule has 98 valence electrons. The van der Waals surface area contributed by atoms with Crippen LogP contribution in [0.3, 0.4) is 0 Å². The molecule has 0 spiro atoms. The fourth-order valence-electron chi connectivity index (χ4n) is 1.78. The molecule has 0 aliphatic carbocycles. The number of aryl methyl sites for hydroxylation is 1. The maximum Gasteiger partial charge on any atom is 0.172 e. The molecule has 0 bridgehead atoms. The van der Waals surface area contributed by atoms with Crippen molar-refractivity contribution < 1.29 is 4.79 Å². The van der Waals surface area contributed by atoms with Gasteiger partial charge in [-0.3, -0.25) is 4.79 Å². The molecule has 19 heavy (non-hydrogen) atoms. The van der Waals surface area contributed by atoms with E-state index in [4.69, 9.17) is 0 Å². The SMILES string of the molecule is Cc1cccc(CSCC(=O)c2ccc(I)cc2)c1. The van der Waals surface area contributed by atoms with Gasteiger partial charge in [-0.1, -0.05) is 42.0 Å². The number of hydrogen-bond donors (Lipinski definition) is 0. The van der Waals surface area contributed by atoms with Crippen LogP contribution in [0.5, 0.6) is 0 Å². The van der Waals surface area contributed by atoms with Crippen molar-refractivity contribution in [3.8, 4) is 0 Å². The number of carbonyl (C=O) groups excluding carboxylic acids is 1. The predicted molar refractivity (Wildman–Crippen MR) is 90.8 cm³/mol. The van der Waals surface area contributed by atoms with Gasteiger partial charge in [0.15, 0.2) is 5.78 Å². The lowest BCUT2D eigenvalue weighted by Gasteiger charge is -2.03. The van der Waals surface area contributed by atoms with E-state index in [9.17, 15) is 4.79 Å². The van der Waals surface area contributed by atoms with Gasteiger partial charge in [0.2, 0.25) is 0 Å². The third-order valence-electron chi connectivity index (χ3n) is 2.75. The number of benzene rings is 2. The molecule has 0 fully saturated rings. The van der Waals surface area contributed by atoms with Gasteiger partial charge in [-0.25, -0.2) is 0 Å². The molecular weight excluding hydrogens is 367 g/mol. The molecule has 2 rings (SSSR count). The van der Waals surface area contributed by atoms with Gasteiger partial charge in [0.25, 0.3) is 0 Å². The Bertz CT molecular complexity index is 563. The minimum Gasteiger partial charge on any atom is -0.293 e. The third kappa shape index (κ3) is 4.66. The van der Waals surface area contributed by atoms with Crippen LogP contribution >= 0.6 is 34.4 Å². The Kier molecular flexibility index (Phi) is 5.45. The van der Waals surface area contributed by atoms with Crippen molar-refractivity contribution >= 4 is 40.1 Å². The number of rotatable bonds is 5. The van der Waals surface area contributed by atoms with E-state index >= 15 is 0 Å². The van der Waals surface area contributed by atoms with E-state index in [1.807, 2.05) is 24.3 Å². The van der Waals surface area contributed by atoms with Crippen molar-refractivity contribution in [1.29, 1.82) is 0 Å². The van der Waals surface area contributed by atoms with Gasteiger partial charge in [0.05, 0.1) is 5.75 Å². The van der Waals surface area contributed by atoms with Gasteiger partial charge in [0, 0.05) is 14.9 Å². The average Bonchev–Trinajstić information content (AvgIpc) is 2.39. The molecule has 0 aromatic heterocycles. The Morgan fingerprint density at radius 3 is 2.58 bits per heavy atom. The molecular formula is C16H15IOS. The summed E-state index contributed by atoms with van der Waals surface area (Å²) in [5.74, 6) is 1.63. The molecule has 0 N–H and O–H groups in total. The fourth-order valence-corrected chi connectivity index (χ4v) is 3.01. The van der Waals surface area contributed by atoms with Gasteiger partial charge >= 0.3 is 0 Å². The van der Waals surface area contributed by atoms with Crippen LogP contribution in [0.25, 0.3) is 0 Å². The quantitative estimate of drug-likeness (QED) is 0.550. The summed E-state index contributed by atoms with van der Waals surface area (Å²) in [7, 11) is 0. The first-order valence-corrected chi connectivity index (χ1v) is 8.30. The van der Waals surface area contributed by atoms with Crippen LogP contribution in [-0.4, -0.2) is 11.5 Å². The first kappa shape index (κ1) is 14.6. The molecule has 2 aromatic rings. The van der Waals surface area contributed by atoms with Crippen molar-refractivity contribution in [3.63, 3.8) is 0 Å². The Hall–Kier alpha value is -0.810. The molecule has 0 saturated carbocycles. The number of carbonyl (C=O) groups is 1. The maximum absolute atomic E-state index is 12.0. The lowest BCUT2D eigenvalue weighted by Crippen LogP contribution is -2.02. The predicted octanol–water partition coefficient (Wildman–Crippen LogP) is 4.72. The molecule has 0 heterocycles. The second-order valence-electron chi connectivity index (χ2n) is 4.41. The summed E-state index contributed by atoms with van der Waals surface area (Å²) in [5.41, 5.74) is 3.35. The standard InChI is InChI=1S/C16H15IOS/c1-12-3-2-4-13(9-12)10-19-11-16(18)14-5-7-15(17)8-6-14/h2-9H,10-11H2,1H3. The normalized spacial score (nSPS) is 10.4. The minimum absolute atomic E-state index is 0.203. The molecule has 0 amide bonds. The van der Waals surface area contributed by atoms with E-state index in [-0.39, 0.29) is 5.78 Å². The summed E-state index contributed by atoms with van der Waals surface area (Å²) in [6.45, 7) is 2.09. The van der Waals surface area contributed by atoms with Crippen LogP contribution in [0, 0.1) is 10.5 Å². The maximum atomic E-state index is 12.0. The second kappa shape index (κ2) is 7.10. The first-order valence-electron chi connectivity index (χ1n) is 6.07. The minimum atomic E-state index is 0.203. The number of thioether (sulfide) groups is 1. The zero-order chi connectivity index (χ0) is 13.7. The summed E-state index contributed by atoms with van der Waals surface area (Å²) < 4.78 is 1.15. The van der Waals surface area contributed by atoms with E-state index in [0.717, 1.165) is 14.9 Å². The molecule has 1 nitrogen and oxygen atoms in total. The van der Waals surface area contributed by atoms with Crippen LogP contribution in [0.15, 0.2) is 48.5 Å². The summed E-state index contributed by atoms with van der Waals surface area (Å²) >= 11 is 3.91. The monoisotopic (exact) mass is 382 g/mol. The van der Waals surface area contributed by atoms with Gasteiger partial charge in [-0.2, -0.15) is 0 Å². The van der Waals surface area contributed by atoms with Crippen molar-refractivity contribution in [2.45, 2.75) is 12.7 Å². The number of halogens is 1. The Labute approximate surface area is 131 Å². The molecule has 0 unspecified atom stereocenters. The molecule has 2 aromatic carbocycles. The average molecular weight is 382 g/mol. The number of ketones is 1. The van der Waals surface area contributed by atoms with Gasteiger partial charge in [-0.05, 0) is 47.2 Å². The van der Waals surface area contributed by atoms with Crippen LogP contribution in [0.2, 0.25) is 0 Å². The topological polar surface area (TPSA) is 17.1 Å². The second-order valence-corrected chi connectivity index (χ2v) is 6.64. The van der Waals surface area contributed by atoms with Gasteiger partial charge < -0.3 is 0 Å². The zero-order valence-corrected chi connectivity index (χ0v) is 13.7. The summed E-state index contributed by atoms with van der Waals surface area (Å²) in [6.07, 6.45) is 0. The largest absolute Gasteiger partial charge is 0.293 e. The van der Waals surface area contributed by atoms with E-state index in [0.29, 0.717) is 5.75 Å². The smallest absolute Gasteiger partial charge is 0.172 e. The van der Waals surface area contributed by atoms with Gasteiger partial charge in [-0.15, -0.1) is 11.8 Å². The zero-order valence-electron chi connectivity index (χ0n) is 10.7. The van der Waals surface area contributed by atoms with E-state index in [1.165, 1.54) is 11.1 Å². The third-order valence-corrected chi connectivity index (χ3v) is 4.47. The summed E-state index contributed by atoms with van der Waals surface area (Å²) in [5, 5.41) is 0. The Morgan fingerprint density at radius 2 is 1.89 bits per heavy atom. The fraction of sp³-hybridized carbons (Fsp3) is 0.188. The summed E-state index contributed by atoms with van der Waals surface area (Å²) in [4.78, 5) is 12.0. The Balaban J connectivity index is 1.86. The first-order chi connectivity index (χ1) is 9.15.